The molecule has 0 saturated carbocycles. The number of amides is 2. The Kier molecular flexibility index (Phi) is 4.67. The molecule has 0 unspecified atom stereocenters. The predicted molar refractivity (Wildman–Crippen MR) is 107 cm³/mol. The number of benzene rings is 2. The zero-order valence-corrected chi connectivity index (χ0v) is 15.4. The molecule has 1 aliphatic rings. The molecule has 0 atom stereocenters. The number of fused-ring (bicyclic) bond motifs is 1. The van der Waals surface area contributed by atoms with Crippen LogP contribution in [0.25, 0.3) is 10.9 Å². The van der Waals surface area contributed by atoms with Gasteiger partial charge in [0.2, 0.25) is 5.91 Å². The molecule has 2 aromatic carbocycles. The van der Waals surface area contributed by atoms with E-state index in [0.717, 1.165) is 16.6 Å². The van der Waals surface area contributed by atoms with Crippen molar-refractivity contribution in [2.45, 2.75) is 19.8 Å². The maximum Gasteiger partial charge on any atom is 0.270 e. The highest BCUT2D eigenvalue weighted by molar-refractivity contribution is 5.98. The molecule has 1 saturated heterocycles. The van der Waals surface area contributed by atoms with Gasteiger partial charge in [-0.3, -0.25) is 9.59 Å². The van der Waals surface area contributed by atoms with Crippen molar-refractivity contribution >= 4 is 28.4 Å². The normalized spacial score (nSPS) is 15.1. The van der Waals surface area contributed by atoms with E-state index in [1.54, 1.807) is 0 Å². The van der Waals surface area contributed by atoms with Gasteiger partial charge in [-0.25, -0.2) is 0 Å². The SMILES string of the molecule is Cc1ccc2[nH]c(C(=O)N3CCC(C(=O)Nc4ccccc4)CC3)cc2c1. The van der Waals surface area contributed by atoms with E-state index in [1.165, 1.54) is 5.56 Å². The summed E-state index contributed by atoms with van der Waals surface area (Å²) in [5.41, 5.74) is 3.57. The standard InChI is InChI=1S/C22H23N3O2/c1-15-7-8-19-17(13-15)14-20(24-19)22(27)25-11-9-16(10-12-25)21(26)23-18-5-3-2-4-6-18/h2-8,13-14,16,24H,9-12H2,1H3,(H,23,26). The number of piperidine rings is 1. The molecule has 1 fully saturated rings. The number of para-hydroxylation sites is 1. The Labute approximate surface area is 158 Å². The van der Waals surface area contributed by atoms with Gasteiger partial charge in [0.05, 0.1) is 0 Å². The van der Waals surface area contributed by atoms with Gasteiger partial charge >= 0.3 is 0 Å². The van der Waals surface area contributed by atoms with Gasteiger partial charge in [-0.2, -0.15) is 0 Å². The lowest BCUT2D eigenvalue weighted by molar-refractivity contribution is -0.121. The molecule has 3 aromatic rings. The van der Waals surface area contributed by atoms with Gasteiger partial charge in [0.15, 0.2) is 0 Å². The average Bonchev–Trinajstić information content (AvgIpc) is 3.11. The number of anilines is 1. The number of nitrogens with one attached hydrogen (secondary N) is 2. The van der Waals surface area contributed by atoms with Crippen molar-refractivity contribution < 1.29 is 9.59 Å². The third kappa shape index (κ3) is 3.72. The van der Waals surface area contributed by atoms with E-state index >= 15 is 0 Å². The number of carbonyl (C=O) groups is 2. The molecule has 4 rings (SSSR count). The molecule has 2 N–H and O–H groups in total. The van der Waals surface area contributed by atoms with Crippen LogP contribution >= 0.6 is 0 Å². The summed E-state index contributed by atoms with van der Waals surface area (Å²) in [6.07, 6.45) is 1.37. The molecule has 0 spiro atoms. The fourth-order valence-electron chi connectivity index (χ4n) is 3.65. The molecule has 27 heavy (non-hydrogen) atoms. The first-order chi connectivity index (χ1) is 13.1. The Morgan fingerprint density at radius 3 is 2.52 bits per heavy atom. The zero-order valence-electron chi connectivity index (χ0n) is 15.4. The molecule has 0 radical (unpaired) electrons. The summed E-state index contributed by atoms with van der Waals surface area (Å²) in [6.45, 7) is 3.24. The minimum Gasteiger partial charge on any atom is -0.351 e. The third-order valence-corrected chi connectivity index (χ3v) is 5.20. The van der Waals surface area contributed by atoms with Gasteiger partial charge < -0.3 is 15.2 Å². The summed E-state index contributed by atoms with van der Waals surface area (Å²) in [5.74, 6) is -0.0141. The minimum absolute atomic E-state index is 0.00534. The van der Waals surface area contributed by atoms with Crippen LogP contribution < -0.4 is 5.32 Å². The van der Waals surface area contributed by atoms with Gasteiger partial charge in [-0.05, 0) is 50.1 Å². The van der Waals surface area contributed by atoms with Crippen LogP contribution in [-0.2, 0) is 4.79 Å². The molecular formula is C22H23N3O2. The number of hydrogen-bond acceptors (Lipinski definition) is 2. The average molecular weight is 361 g/mol. The summed E-state index contributed by atoms with van der Waals surface area (Å²) >= 11 is 0. The second-order valence-electron chi connectivity index (χ2n) is 7.20. The van der Waals surface area contributed by atoms with Crippen molar-refractivity contribution in [1.29, 1.82) is 0 Å². The Bertz CT molecular complexity index is 970. The third-order valence-electron chi connectivity index (χ3n) is 5.20. The van der Waals surface area contributed by atoms with Gasteiger partial charge in [0.1, 0.15) is 5.69 Å². The van der Waals surface area contributed by atoms with E-state index in [2.05, 4.69) is 16.4 Å². The number of aromatic nitrogens is 1. The van der Waals surface area contributed by atoms with Crippen LogP contribution in [0.2, 0.25) is 0 Å². The second-order valence-corrected chi connectivity index (χ2v) is 7.20. The van der Waals surface area contributed by atoms with E-state index in [-0.39, 0.29) is 17.7 Å². The van der Waals surface area contributed by atoms with Gasteiger partial charge in [0, 0.05) is 35.6 Å². The highest BCUT2D eigenvalue weighted by Crippen LogP contribution is 2.23. The summed E-state index contributed by atoms with van der Waals surface area (Å²) in [6, 6.07) is 17.5. The number of aryl methyl sites for hydroxylation is 1. The van der Waals surface area contributed by atoms with Crippen molar-refractivity contribution in [3.05, 3.63) is 65.9 Å². The van der Waals surface area contributed by atoms with E-state index in [0.29, 0.717) is 31.6 Å². The lowest BCUT2D eigenvalue weighted by Crippen LogP contribution is -2.41. The maximum absolute atomic E-state index is 12.8. The Morgan fingerprint density at radius 2 is 1.78 bits per heavy atom. The molecule has 138 valence electrons. The summed E-state index contributed by atoms with van der Waals surface area (Å²) < 4.78 is 0. The Hall–Kier alpha value is -3.08. The Morgan fingerprint density at radius 1 is 1.04 bits per heavy atom. The number of aromatic amines is 1. The highest BCUT2D eigenvalue weighted by atomic mass is 16.2. The van der Waals surface area contributed by atoms with Crippen molar-refractivity contribution in [2.24, 2.45) is 5.92 Å². The Balaban J connectivity index is 1.38. The molecule has 0 aliphatic carbocycles. The molecule has 0 bridgehead atoms. The minimum atomic E-state index is -0.0559. The lowest BCUT2D eigenvalue weighted by Gasteiger charge is -2.31. The number of H-pyrrole nitrogens is 1. The van der Waals surface area contributed by atoms with Crippen LogP contribution in [0.5, 0.6) is 0 Å². The van der Waals surface area contributed by atoms with E-state index in [9.17, 15) is 9.59 Å². The fourth-order valence-corrected chi connectivity index (χ4v) is 3.65. The van der Waals surface area contributed by atoms with Crippen LogP contribution in [-0.4, -0.2) is 34.8 Å². The molecule has 2 heterocycles. The number of rotatable bonds is 3. The largest absolute Gasteiger partial charge is 0.351 e. The predicted octanol–water partition coefficient (Wildman–Crippen LogP) is 3.97. The van der Waals surface area contributed by atoms with Crippen molar-refractivity contribution in [3.63, 3.8) is 0 Å². The number of likely N-dealkylation sites (tertiary alicyclic amines) is 1. The first kappa shape index (κ1) is 17.3. The monoisotopic (exact) mass is 361 g/mol. The van der Waals surface area contributed by atoms with Crippen molar-refractivity contribution in [1.82, 2.24) is 9.88 Å². The van der Waals surface area contributed by atoms with Gasteiger partial charge in [0.25, 0.3) is 5.91 Å². The first-order valence-electron chi connectivity index (χ1n) is 9.35. The van der Waals surface area contributed by atoms with Crippen LogP contribution in [0.3, 0.4) is 0 Å². The molecular weight excluding hydrogens is 338 g/mol. The van der Waals surface area contributed by atoms with Gasteiger partial charge in [-0.1, -0.05) is 29.8 Å². The van der Waals surface area contributed by atoms with E-state index in [4.69, 9.17) is 0 Å². The summed E-state index contributed by atoms with van der Waals surface area (Å²) in [5, 5.41) is 4.01. The number of carbonyl (C=O) groups excluding carboxylic acids is 2. The van der Waals surface area contributed by atoms with Crippen molar-refractivity contribution in [3.8, 4) is 0 Å². The molecule has 1 aromatic heterocycles. The highest BCUT2D eigenvalue weighted by Gasteiger charge is 2.28. The van der Waals surface area contributed by atoms with Crippen LogP contribution in [0.15, 0.2) is 54.6 Å². The number of nitrogens with zero attached hydrogens (tertiary/aromatic N) is 1. The quantitative estimate of drug-likeness (QED) is 0.741. The van der Waals surface area contributed by atoms with Gasteiger partial charge in [-0.15, -0.1) is 0 Å². The van der Waals surface area contributed by atoms with Crippen molar-refractivity contribution in [2.75, 3.05) is 18.4 Å². The van der Waals surface area contributed by atoms with Crippen LogP contribution in [0.1, 0.15) is 28.9 Å². The van der Waals surface area contributed by atoms with Crippen LogP contribution in [0, 0.1) is 12.8 Å². The maximum atomic E-state index is 12.8. The summed E-state index contributed by atoms with van der Waals surface area (Å²) in [7, 11) is 0. The molecule has 1 aliphatic heterocycles. The molecule has 2 amide bonds. The topological polar surface area (TPSA) is 65.2 Å². The zero-order chi connectivity index (χ0) is 18.8. The fraction of sp³-hybridized carbons (Fsp3) is 0.273. The van der Waals surface area contributed by atoms with Crippen LogP contribution in [0.4, 0.5) is 5.69 Å². The lowest BCUT2D eigenvalue weighted by atomic mass is 9.95. The molecule has 5 heteroatoms. The summed E-state index contributed by atoms with van der Waals surface area (Å²) in [4.78, 5) is 30.3. The second kappa shape index (κ2) is 7.27. The smallest absolute Gasteiger partial charge is 0.270 e. The molecule has 5 nitrogen and oxygen atoms in total. The van der Waals surface area contributed by atoms with E-state index < -0.39 is 0 Å². The number of hydrogen-bond donors (Lipinski definition) is 2. The first-order valence-corrected chi connectivity index (χ1v) is 9.35. The van der Waals surface area contributed by atoms with E-state index in [1.807, 2.05) is 60.4 Å².